The number of ether oxygens (including phenoxy) is 4. The van der Waals surface area contributed by atoms with Crippen molar-refractivity contribution < 1.29 is 23.7 Å². The molecule has 1 aliphatic heterocycles. The maximum absolute atomic E-state index is 12.7. The lowest BCUT2D eigenvalue weighted by molar-refractivity contribution is -0.111. The van der Waals surface area contributed by atoms with Crippen LogP contribution in [0.5, 0.6) is 17.2 Å². The minimum atomic E-state index is -0.283. The Morgan fingerprint density at radius 3 is 2.35 bits per heavy atom. The number of methoxy groups -OCH3 is 3. The van der Waals surface area contributed by atoms with Gasteiger partial charge in [-0.15, -0.1) is 0 Å². The fourth-order valence-electron chi connectivity index (χ4n) is 3.61. The first kappa shape index (κ1) is 23.6. The molecule has 0 aliphatic carbocycles. The van der Waals surface area contributed by atoms with Crippen LogP contribution in [-0.4, -0.2) is 58.5 Å². The van der Waals surface area contributed by atoms with Crippen LogP contribution in [0.25, 0.3) is 17.3 Å². The van der Waals surface area contributed by atoms with E-state index in [-0.39, 0.29) is 5.91 Å². The number of benzene rings is 2. The molecule has 0 saturated carbocycles. The molecule has 2 heterocycles. The van der Waals surface area contributed by atoms with Crippen LogP contribution in [0.2, 0.25) is 0 Å². The van der Waals surface area contributed by atoms with Crippen LogP contribution in [0.15, 0.2) is 48.5 Å². The summed E-state index contributed by atoms with van der Waals surface area (Å²) >= 11 is 1.56. The topological polar surface area (TPSA) is 82.2 Å². The molecule has 9 heteroatoms. The van der Waals surface area contributed by atoms with Crippen LogP contribution < -0.4 is 24.4 Å². The highest BCUT2D eigenvalue weighted by atomic mass is 32.1. The summed E-state index contributed by atoms with van der Waals surface area (Å²) in [6.07, 6.45) is 3.31. The lowest BCUT2D eigenvalue weighted by Gasteiger charge is -2.26. The van der Waals surface area contributed by atoms with Crippen molar-refractivity contribution in [3.05, 3.63) is 53.4 Å². The molecule has 8 nitrogen and oxygen atoms in total. The average Bonchev–Trinajstić information content (AvgIpc) is 3.32. The Kier molecular flexibility index (Phi) is 7.66. The number of amides is 1. The number of morpholine rings is 1. The molecule has 0 atom stereocenters. The normalized spacial score (nSPS) is 13.7. The van der Waals surface area contributed by atoms with Crippen LogP contribution >= 0.6 is 11.3 Å². The zero-order valence-corrected chi connectivity index (χ0v) is 20.2. The van der Waals surface area contributed by atoms with Crippen LogP contribution in [0.3, 0.4) is 0 Å². The highest BCUT2D eigenvalue weighted by Gasteiger charge is 2.19. The Morgan fingerprint density at radius 1 is 1.06 bits per heavy atom. The number of rotatable bonds is 8. The lowest BCUT2D eigenvalue weighted by atomic mass is 10.1. The quantitative estimate of drug-likeness (QED) is 0.480. The van der Waals surface area contributed by atoms with E-state index in [1.54, 1.807) is 29.5 Å². The number of nitrogens with one attached hydrogen (secondary N) is 1. The van der Waals surface area contributed by atoms with Gasteiger partial charge in [-0.05, 0) is 6.08 Å². The van der Waals surface area contributed by atoms with Gasteiger partial charge in [0.05, 0.1) is 45.1 Å². The Morgan fingerprint density at radius 2 is 1.74 bits per heavy atom. The van der Waals surface area contributed by atoms with E-state index >= 15 is 0 Å². The van der Waals surface area contributed by atoms with Gasteiger partial charge in [-0.3, -0.25) is 4.79 Å². The summed E-state index contributed by atoms with van der Waals surface area (Å²) in [6, 6.07) is 13.3. The second-order valence-electron chi connectivity index (χ2n) is 7.41. The first-order chi connectivity index (χ1) is 16.6. The van der Waals surface area contributed by atoms with Crippen molar-refractivity contribution in [1.29, 1.82) is 0 Å². The van der Waals surface area contributed by atoms with Gasteiger partial charge in [0.1, 0.15) is 0 Å². The third kappa shape index (κ3) is 5.32. The molecule has 0 radical (unpaired) electrons. The molecule has 0 bridgehead atoms. The number of carbonyl (C=O) groups is 1. The summed E-state index contributed by atoms with van der Waals surface area (Å²) in [6.45, 7) is 2.96. The predicted molar refractivity (Wildman–Crippen MR) is 134 cm³/mol. The van der Waals surface area contributed by atoms with Gasteiger partial charge in [-0.2, -0.15) is 0 Å². The maximum atomic E-state index is 12.7. The van der Waals surface area contributed by atoms with Crippen molar-refractivity contribution >= 4 is 34.1 Å². The molecular weight excluding hydrogens is 454 g/mol. The van der Waals surface area contributed by atoms with Gasteiger partial charge in [0, 0.05) is 42.5 Å². The summed E-state index contributed by atoms with van der Waals surface area (Å²) in [7, 11) is 4.60. The second kappa shape index (κ2) is 11.0. The number of carbonyl (C=O) groups excluding carboxylic acids is 1. The number of thiazole rings is 1. The van der Waals surface area contributed by atoms with Gasteiger partial charge in [0.25, 0.3) is 0 Å². The van der Waals surface area contributed by atoms with Crippen molar-refractivity contribution in [3.63, 3.8) is 0 Å². The summed E-state index contributed by atoms with van der Waals surface area (Å²) in [5.41, 5.74) is 2.39. The molecule has 0 unspecified atom stereocenters. The van der Waals surface area contributed by atoms with Crippen molar-refractivity contribution in [1.82, 2.24) is 4.98 Å². The highest BCUT2D eigenvalue weighted by molar-refractivity contribution is 7.17. The number of anilines is 2. The third-order valence-corrected chi connectivity index (χ3v) is 6.37. The van der Waals surface area contributed by atoms with E-state index in [9.17, 15) is 4.79 Å². The predicted octanol–water partition coefficient (Wildman–Crippen LogP) is 4.32. The molecule has 178 valence electrons. The molecular formula is C25H27N3O5S. The molecule has 4 rings (SSSR count). The minimum Gasteiger partial charge on any atom is -0.493 e. The molecule has 34 heavy (non-hydrogen) atoms. The fourth-order valence-corrected chi connectivity index (χ4v) is 4.66. The minimum absolute atomic E-state index is 0.283. The molecule has 1 saturated heterocycles. The molecule has 1 amide bonds. The highest BCUT2D eigenvalue weighted by Crippen LogP contribution is 2.40. The van der Waals surface area contributed by atoms with Crippen LogP contribution in [0.1, 0.15) is 4.88 Å². The van der Waals surface area contributed by atoms with E-state index in [0.29, 0.717) is 36.1 Å². The van der Waals surface area contributed by atoms with Crippen LogP contribution in [0, 0.1) is 0 Å². The Labute approximate surface area is 202 Å². The number of aromatic nitrogens is 1. The van der Waals surface area contributed by atoms with Crippen LogP contribution in [0.4, 0.5) is 10.8 Å². The third-order valence-electron chi connectivity index (χ3n) is 5.29. The fraction of sp³-hybridized carbons (Fsp3) is 0.280. The Balaban J connectivity index is 1.58. The summed E-state index contributed by atoms with van der Waals surface area (Å²) in [4.78, 5) is 20.8. The van der Waals surface area contributed by atoms with E-state index in [0.717, 1.165) is 34.4 Å². The first-order valence-electron chi connectivity index (χ1n) is 10.8. The van der Waals surface area contributed by atoms with Crippen LogP contribution in [-0.2, 0) is 9.53 Å². The van der Waals surface area contributed by atoms with Crippen molar-refractivity contribution in [2.75, 3.05) is 57.8 Å². The zero-order chi connectivity index (χ0) is 23.9. The molecule has 0 spiro atoms. The van der Waals surface area contributed by atoms with E-state index in [1.165, 1.54) is 27.4 Å². The maximum Gasteiger partial charge on any atom is 0.248 e. The van der Waals surface area contributed by atoms with Gasteiger partial charge in [0.2, 0.25) is 11.7 Å². The van der Waals surface area contributed by atoms with Gasteiger partial charge >= 0.3 is 0 Å². The molecule has 1 fully saturated rings. The first-order valence-corrected chi connectivity index (χ1v) is 11.6. The Bertz CT molecular complexity index is 1130. The second-order valence-corrected chi connectivity index (χ2v) is 8.42. The standard InChI is InChI=1S/C25H27N3O5S/c1-30-19-15-18(16-20(31-2)24(19)32-3)26-22(29)10-9-21-23(17-7-5-4-6-8-17)27-25(34-21)28-11-13-33-14-12-28/h4-10,15-16H,11-14H2,1-3H3,(H,26,29)/b10-9+. The molecule has 2 aromatic carbocycles. The molecule has 1 aromatic heterocycles. The summed E-state index contributed by atoms with van der Waals surface area (Å²) < 4.78 is 21.5. The summed E-state index contributed by atoms with van der Waals surface area (Å²) in [5, 5.41) is 3.78. The monoisotopic (exact) mass is 481 g/mol. The van der Waals surface area contributed by atoms with Crippen molar-refractivity contribution in [2.45, 2.75) is 0 Å². The smallest absolute Gasteiger partial charge is 0.248 e. The lowest BCUT2D eigenvalue weighted by Crippen LogP contribution is -2.36. The van der Waals surface area contributed by atoms with Crippen molar-refractivity contribution in [3.8, 4) is 28.5 Å². The number of hydrogen-bond donors (Lipinski definition) is 1. The molecule has 1 aliphatic rings. The van der Waals surface area contributed by atoms with E-state index < -0.39 is 0 Å². The van der Waals surface area contributed by atoms with E-state index in [2.05, 4.69) is 10.2 Å². The largest absolute Gasteiger partial charge is 0.493 e. The zero-order valence-electron chi connectivity index (χ0n) is 19.4. The van der Waals surface area contributed by atoms with E-state index in [1.807, 2.05) is 30.3 Å². The Hall–Kier alpha value is -3.56. The SMILES string of the molecule is COc1cc(NC(=O)/C=C/c2sc(N3CCOCC3)nc2-c2ccccc2)cc(OC)c1OC. The molecule has 1 N–H and O–H groups in total. The van der Waals surface area contributed by atoms with Crippen molar-refractivity contribution in [2.24, 2.45) is 0 Å². The van der Waals surface area contributed by atoms with Gasteiger partial charge in [0.15, 0.2) is 16.6 Å². The number of nitrogens with zero attached hydrogens (tertiary/aromatic N) is 2. The van der Waals surface area contributed by atoms with Gasteiger partial charge < -0.3 is 29.2 Å². The number of hydrogen-bond acceptors (Lipinski definition) is 8. The average molecular weight is 482 g/mol. The molecule has 3 aromatic rings. The van der Waals surface area contributed by atoms with Gasteiger partial charge in [-0.1, -0.05) is 41.7 Å². The van der Waals surface area contributed by atoms with E-state index in [4.69, 9.17) is 23.9 Å². The van der Waals surface area contributed by atoms with Gasteiger partial charge in [-0.25, -0.2) is 4.98 Å². The summed E-state index contributed by atoms with van der Waals surface area (Å²) in [5.74, 6) is 1.11.